The number of hydrogen-bond acceptors (Lipinski definition) is 0. The van der Waals surface area contributed by atoms with Crippen LogP contribution in [0.25, 0.3) is 0 Å². The maximum Gasteiger partial charge on any atom is -0.0300 e. The first kappa shape index (κ1) is 20.0. The van der Waals surface area contributed by atoms with Gasteiger partial charge >= 0.3 is 0 Å². The van der Waals surface area contributed by atoms with E-state index >= 15 is 0 Å². The molecule has 1 rings (SSSR count). The van der Waals surface area contributed by atoms with Gasteiger partial charge in [0.05, 0.1) is 0 Å². The van der Waals surface area contributed by atoms with Gasteiger partial charge in [0, 0.05) is 0 Å². The van der Waals surface area contributed by atoms with E-state index in [1.807, 2.05) is 0 Å². The molecule has 0 spiro atoms. The first-order chi connectivity index (χ1) is 10.3. The summed E-state index contributed by atoms with van der Waals surface area (Å²) < 4.78 is 0. The highest BCUT2D eigenvalue weighted by Gasteiger charge is 2.56. The van der Waals surface area contributed by atoms with Crippen molar-refractivity contribution in [2.24, 2.45) is 46.8 Å². The summed E-state index contributed by atoms with van der Waals surface area (Å²) in [5.41, 5.74) is 0.556. The minimum absolute atomic E-state index is 0.556. The van der Waals surface area contributed by atoms with Crippen LogP contribution in [0.2, 0.25) is 0 Å². The van der Waals surface area contributed by atoms with Gasteiger partial charge in [-0.15, -0.1) is 0 Å². The third-order valence-electron chi connectivity index (χ3n) is 8.06. The minimum Gasteiger partial charge on any atom is -0.0651 e. The van der Waals surface area contributed by atoms with Crippen molar-refractivity contribution in [2.45, 2.75) is 94.4 Å². The molecular formula is C22H44. The first-order valence-electron chi connectivity index (χ1n) is 10.3. The highest BCUT2D eigenvalue weighted by atomic mass is 14.6. The molecule has 7 atom stereocenters. The van der Waals surface area contributed by atoms with Gasteiger partial charge in [0.15, 0.2) is 0 Å². The fourth-order valence-electron chi connectivity index (χ4n) is 5.87. The predicted octanol–water partition coefficient (Wildman–Crippen LogP) is 7.43. The van der Waals surface area contributed by atoms with Crippen LogP contribution in [0, 0.1) is 46.8 Å². The van der Waals surface area contributed by atoms with E-state index in [0.29, 0.717) is 5.41 Å². The molecule has 7 unspecified atom stereocenters. The second kappa shape index (κ2) is 8.20. The molecule has 1 fully saturated rings. The molecule has 0 N–H and O–H groups in total. The molecular weight excluding hydrogens is 264 g/mol. The normalized spacial score (nSPS) is 30.7. The number of rotatable bonds is 10. The Morgan fingerprint density at radius 2 is 1.36 bits per heavy atom. The maximum atomic E-state index is 2.57. The van der Waals surface area contributed by atoms with Crippen molar-refractivity contribution in [3.8, 4) is 0 Å². The van der Waals surface area contributed by atoms with Gasteiger partial charge in [-0.1, -0.05) is 94.4 Å². The Morgan fingerprint density at radius 3 is 1.73 bits per heavy atom. The predicted molar refractivity (Wildman–Crippen MR) is 101 cm³/mol. The van der Waals surface area contributed by atoms with Crippen LogP contribution in [-0.2, 0) is 0 Å². The summed E-state index contributed by atoms with van der Waals surface area (Å²) in [5, 5.41) is 0. The van der Waals surface area contributed by atoms with Crippen LogP contribution in [-0.4, -0.2) is 0 Å². The monoisotopic (exact) mass is 308 g/mol. The Morgan fingerprint density at radius 1 is 0.818 bits per heavy atom. The van der Waals surface area contributed by atoms with Gasteiger partial charge in [-0.2, -0.15) is 0 Å². The smallest absolute Gasteiger partial charge is 0.0300 e. The molecule has 0 aromatic carbocycles. The van der Waals surface area contributed by atoms with Gasteiger partial charge in [0.2, 0.25) is 0 Å². The van der Waals surface area contributed by atoms with E-state index in [0.717, 1.165) is 41.4 Å². The highest BCUT2D eigenvalue weighted by molar-refractivity contribution is 5.04. The maximum absolute atomic E-state index is 2.57. The van der Waals surface area contributed by atoms with Crippen LogP contribution in [0.3, 0.4) is 0 Å². The van der Waals surface area contributed by atoms with Gasteiger partial charge in [0.1, 0.15) is 0 Å². The Balaban J connectivity index is 2.87. The molecule has 0 aromatic heterocycles. The van der Waals surface area contributed by atoms with E-state index in [2.05, 4.69) is 62.3 Å². The molecule has 0 amide bonds. The van der Waals surface area contributed by atoms with E-state index in [4.69, 9.17) is 0 Å². The zero-order chi connectivity index (χ0) is 17.1. The SMILES string of the molecule is CCC(C)C(CC)C(C)C1C(C)C1C(CC)C(C)(CC)CC. The van der Waals surface area contributed by atoms with Crippen LogP contribution < -0.4 is 0 Å². The Bertz CT molecular complexity index is 314. The van der Waals surface area contributed by atoms with Crippen LogP contribution in [0.15, 0.2) is 0 Å². The Labute approximate surface area is 141 Å². The molecule has 0 radical (unpaired) electrons. The average molecular weight is 309 g/mol. The first-order valence-corrected chi connectivity index (χ1v) is 10.3. The molecule has 22 heavy (non-hydrogen) atoms. The lowest BCUT2D eigenvalue weighted by atomic mass is 9.68. The minimum atomic E-state index is 0.556. The van der Waals surface area contributed by atoms with Crippen molar-refractivity contribution in [3.05, 3.63) is 0 Å². The molecule has 0 heterocycles. The summed E-state index contributed by atoms with van der Waals surface area (Å²) in [5.74, 6) is 6.58. The van der Waals surface area contributed by atoms with Crippen molar-refractivity contribution in [2.75, 3.05) is 0 Å². The molecule has 0 heteroatoms. The van der Waals surface area contributed by atoms with Gasteiger partial charge in [-0.25, -0.2) is 0 Å². The fraction of sp³-hybridized carbons (Fsp3) is 1.00. The molecule has 1 aliphatic rings. The molecule has 0 bridgehead atoms. The van der Waals surface area contributed by atoms with E-state index in [1.165, 1.54) is 32.1 Å². The summed E-state index contributed by atoms with van der Waals surface area (Å²) in [7, 11) is 0. The van der Waals surface area contributed by atoms with Crippen molar-refractivity contribution in [3.63, 3.8) is 0 Å². The molecule has 1 saturated carbocycles. The summed E-state index contributed by atoms with van der Waals surface area (Å²) in [6.45, 7) is 22.2. The number of hydrogen-bond donors (Lipinski definition) is 0. The quantitative estimate of drug-likeness (QED) is 0.393. The lowest BCUT2D eigenvalue weighted by Gasteiger charge is -2.38. The van der Waals surface area contributed by atoms with E-state index < -0.39 is 0 Å². The Hall–Kier alpha value is 0. The topological polar surface area (TPSA) is 0 Å². The van der Waals surface area contributed by atoms with Crippen molar-refractivity contribution in [1.29, 1.82) is 0 Å². The molecule has 0 aliphatic heterocycles. The van der Waals surface area contributed by atoms with Crippen molar-refractivity contribution >= 4 is 0 Å². The highest BCUT2D eigenvalue weighted by Crippen LogP contribution is 2.62. The largest absolute Gasteiger partial charge is 0.0651 e. The summed E-state index contributed by atoms with van der Waals surface area (Å²) in [4.78, 5) is 0. The van der Waals surface area contributed by atoms with Crippen LogP contribution in [0.4, 0.5) is 0 Å². The molecule has 0 nitrogen and oxygen atoms in total. The molecule has 132 valence electrons. The zero-order valence-corrected chi connectivity index (χ0v) is 17.1. The van der Waals surface area contributed by atoms with Gasteiger partial charge in [0.25, 0.3) is 0 Å². The average Bonchev–Trinajstić information content (AvgIpc) is 3.18. The standard InChI is InChI=1S/C22H44/c1-10-15(6)18(11-2)16(7)20-17(8)21(20)19(12-3)22(9,13-4)14-5/h15-21H,10-14H2,1-9H3. The third-order valence-corrected chi connectivity index (χ3v) is 8.06. The summed E-state index contributed by atoms with van der Waals surface area (Å²) in [6.07, 6.45) is 6.76. The summed E-state index contributed by atoms with van der Waals surface area (Å²) >= 11 is 0. The lowest BCUT2D eigenvalue weighted by molar-refractivity contribution is 0.119. The molecule has 0 saturated heterocycles. The second-order valence-electron chi connectivity index (χ2n) is 8.71. The molecule has 0 aromatic rings. The van der Waals surface area contributed by atoms with Gasteiger partial charge in [-0.05, 0) is 46.8 Å². The van der Waals surface area contributed by atoms with Crippen molar-refractivity contribution < 1.29 is 0 Å². The lowest BCUT2D eigenvalue weighted by Crippen LogP contribution is -2.29. The summed E-state index contributed by atoms with van der Waals surface area (Å²) in [6, 6.07) is 0. The van der Waals surface area contributed by atoms with E-state index in [-0.39, 0.29) is 0 Å². The Kier molecular flexibility index (Phi) is 7.47. The van der Waals surface area contributed by atoms with Crippen LogP contribution in [0.5, 0.6) is 0 Å². The van der Waals surface area contributed by atoms with Gasteiger partial charge < -0.3 is 0 Å². The van der Waals surface area contributed by atoms with Gasteiger partial charge in [-0.3, -0.25) is 0 Å². The van der Waals surface area contributed by atoms with Crippen molar-refractivity contribution in [1.82, 2.24) is 0 Å². The zero-order valence-electron chi connectivity index (χ0n) is 17.1. The van der Waals surface area contributed by atoms with Crippen LogP contribution >= 0.6 is 0 Å². The molecule has 1 aliphatic carbocycles. The fourth-order valence-corrected chi connectivity index (χ4v) is 5.87. The third kappa shape index (κ3) is 3.73. The second-order valence-corrected chi connectivity index (χ2v) is 8.71. The van der Waals surface area contributed by atoms with E-state index in [1.54, 1.807) is 0 Å². The van der Waals surface area contributed by atoms with E-state index in [9.17, 15) is 0 Å². The van der Waals surface area contributed by atoms with Crippen LogP contribution in [0.1, 0.15) is 94.4 Å².